The van der Waals surface area contributed by atoms with Gasteiger partial charge in [-0.25, -0.2) is 4.79 Å². The Labute approximate surface area is 123 Å². The summed E-state index contributed by atoms with van der Waals surface area (Å²) >= 11 is 3.13. The van der Waals surface area contributed by atoms with Crippen molar-refractivity contribution >= 4 is 33.5 Å². The van der Waals surface area contributed by atoms with E-state index in [-0.39, 0.29) is 11.3 Å². The van der Waals surface area contributed by atoms with E-state index in [1.54, 1.807) is 0 Å². The predicted molar refractivity (Wildman–Crippen MR) is 74.6 cm³/mol. The number of non-ortho nitro benzene ring substituents is 1. The molecule has 0 spiro atoms. The van der Waals surface area contributed by atoms with Gasteiger partial charge in [-0.2, -0.15) is 0 Å². The Morgan fingerprint density at radius 2 is 1.95 bits per heavy atom. The lowest BCUT2D eigenvalue weighted by Gasteiger charge is -2.31. The number of carbonyl (C=O) groups is 2. The molecule has 0 aromatic heterocycles. The van der Waals surface area contributed by atoms with Crippen molar-refractivity contribution in [3.8, 4) is 0 Å². The highest BCUT2D eigenvalue weighted by Gasteiger charge is 2.36. The summed E-state index contributed by atoms with van der Waals surface area (Å²) in [5, 5.41) is 19.8. The van der Waals surface area contributed by atoms with Gasteiger partial charge in [-0.1, -0.05) is 0 Å². The first-order chi connectivity index (χ1) is 9.09. The fourth-order valence-electron chi connectivity index (χ4n) is 1.37. The number of rotatable bonds is 4. The van der Waals surface area contributed by atoms with Crippen molar-refractivity contribution in [1.82, 2.24) is 4.90 Å². The molecule has 108 valence electrons. The lowest BCUT2D eigenvalue weighted by Crippen LogP contribution is -2.50. The number of carboxylic acids is 1. The van der Waals surface area contributed by atoms with Gasteiger partial charge in [0.15, 0.2) is 0 Å². The van der Waals surface area contributed by atoms with E-state index in [1.165, 1.54) is 33.0 Å². The average Bonchev–Trinajstić information content (AvgIpc) is 2.36. The summed E-state index contributed by atoms with van der Waals surface area (Å²) in [5.41, 5.74) is -1.63. The van der Waals surface area contributed by atoms with E-state index in [4.69, 9.17) is 5.11 Å². The molecule has 0 radical (unpaired) electrons. The third-order valence-electron chi connectivity index (χ3n) is 3.06. The summed E-state index contributed by atoms with van der Waals surface area (Å²) in [6, 6.07) is 3.75. The van der Waals surface area contributed by atoms with Gasteiger partial charge < -0.3 is 10.0 Å². The van der Waals surface area contributed by atoms with Crippen LogP contribution in [0.15, 0.2) is 22.7 Å². The van der Waals surface area contributed by atoms with Crippen LogP contribution in [0.25, 0.3) is 0 Å². The Hall–Kier alpha value is -1.96. The normalized spacial score (nSPS) is 11.0. The molecule has 1 aromatic carbocycles. The van der Waals surface area contributed by atoms with E-state index in [1.807, 2.05) is 0 Å². The zero-order valence-corrected chi connectivity index (χ0v) is 12.7. The largest absolute Gasteiger partial charge is 0.480 e. The van der Waals surface area contributed by atoms with Crippen molar-refractivity contribution in [1.29, 1.82) is 0 Å². The number of amides is 1. The van der Waals surface area contributed by atoms with Crippen molar-refractivity contribution in [3.05, 3.63) is 38.3 Å². The van der Waals surface area contributed by atoms with Crippen LogP contribution < -0.4 is 0 Å². The zero-order valence-electron chi connectivity index (χ0n) is 11.1. The number of hydrogen-bond donors (Lipinski definition) is 1. The first-order valence-electron chi connectivity index (χ1n) is 5.54. The second-order valence-electron chi connectivity index (χ2n) is 4.65. The molecule has 0 saturated heterocycles. The molecule has 0 fully saturated rings. The van der Waals surface area contributed by atoms with Gasteiger partial charge in [0.1, 0.15) is 5.54 Å². The van der Waals surface area contributed by atoms with E-state index in [9.17, 15) is 19.7 Å². The molecule has 1 amide bonds. The van der Waals surface area contributed by atoms with Crippen LogP contribution >= 0.6 is 15.9 Å². The van der Waals surface area contributed by atoms with Crippen LogP contribution in [0.5, 0.6) is 0 Å². The minimum Gasteiger partial charge on any atom is -0.480 e. The number of halogens is 1. The van der Waals surface area contributed by atoms with Gasteiger partial charge in [0.25, 0.3) is 11.6 Å². The van der Waals surface area contributed by atoms with Crippen LogP contribution in [0.4, 0.5) is 5.69 Å². The number of carbonyl (C=O) groups excluding carboxylic acids is 1. The Bertz CT molecular complexity index is 585. The molecule has 20 heavy (non-hydrogen) atoms. The molecule has 0 heterocycles. The smallest absolute Gasteiger partial charge is 0.329 e. The first-order valence-corrected chi connectivity index (χ1v) is 6.34. The maximum atomic E-state index is 12.3. The topological polar surface area (TPSA) is 101 Å². The van der Waals surface area contributed by atoms with Crippen molar-refractivity contribution < 1.29 is 19.6 Å². The van der Waals surface area contributed by atoms with E-state index < -0.39 is 22.3 Å². The Morgan fingerprint density at radius 3 is 2.40 bits per heavy atom. The summed E-state index contributed by atoms with van der Waals surface area (Å²) in [7, 11) is 1.34. The molecule has 0 unspecified atom stereocenters. The predicted octanol–water partition coefficient (Wildman–Crippen LogP) is 2.29. The first kappa shape index (κ1) is 16.1. The molecule has 8 heteroatoms. The number of hydrogen-bond acceptors (Lipinski definition) is 4. The van der Waals surface area contributed by atoms with Crippen LogP contribution in [0.3, 0.4) is 0 Å². The fraction of sp³-hybridized carbons (Fsp3) is 0.333. The zero-order chi connectivity index (χ0) is 15.7. The molecule has 7 nitrogen and oxygen atoms in total. The van der Waals surface area contributed by atoms with E-state index >= 15 is 0 Å². The standard InChI is InChI=1S/C12H13BrN2O5/c1-12(2,11(17)18)14(3)10(16)8-6-7(15(19)20)4-5-9(8)13/h4-6H,1-3H3,(H,17,18). The third-order valence-corrected chi connectivity index (χ3v) is 3.75. The highest BCUT2D eigenvalue weighted by Crippen LogP contribution is 2.26. The Kier molecular flexibility index (Phi) is 4.49. The number of nitro benzene ring substituents is 1. The van der Waals surface area contributed by atoms with Gasteiger partial charge in [0, 0.05) is 23.7 Å². The van der Waals surface area contributed by atoms with E-state index in [0.717, 1.165) is 11.0 Å². The van der Waals surface area contributed by atoms with Gasteiger partial charge >= 0.3 is 5.97 Å². The lowest BCUT2D eigenvalue weighted by atomic mass is 10.0. The highest BCUT2D eigenvalue weighted by molar-refractivity contribution is 9.10. The fourth-order valence-corrected chi connectivity index (χ4v) is 1.78. The van der Waals surface area contributed by atoms with Crippen LogP contribution in [0.2, 0.25) is 0 Å². The Morgan fingerprint density at radius 1 is 1.40 bits per heavy atom. The molecule has 1 N–H and O–H groups in total. The van der Waals surface area contributed by atoms with Crippen LogP contribution in [-0.4, -0.2) is 39.4 Å². The second-order valence-corrected chi connectivity index (χ2v) is 5.50. The van der Waals surface area contributed by atoms with Crippen LogP contribution in [0, 0.1) is 10.1 Å². The SMILES string of the molecule is CN(C(=O)c1cc([N+](=O)[O-])ccc1Br)C(C)(C)C(=O)O. The van der Waals surface area contributed by atoms with Crippen molar-refractivity contribution in [2.45, 2.75) is 19.4 Å². The average molecular weight is 345 g/mol. The summed E-state index contributed by atoms with van der Waals surface area (Å²) in [6.45, 7) is 2.75. The second kappa shape index (κ2) is 5.58. The summed E-state index contributed by atoms with van der Waals surface area (Å²) in [4.78, 5) is 34.6. The maximum Gasteiger partial charge on any atom is 0.329 e. The Balaban J connectivity index is 3.24. The number of likely N-dealkylation sites (N-methyl/N-ethyl adjacent to an activating group) is 1. The number of carboxylic acid groups (broad SMARTS) is 1. The summed E-state index contributed by atoms with van der Waals surface area (Å²) in [6.07, 6.45) is 0. The van der Waals surface area contributed by atoms with Gasteiger partial charge in [-0.15, -0.1) is 0 Å². The van der Waals surface area contributed by atoms with Gasteiger partial charge in [0.2, 0.25) is 0 Å². The number of nitrogens with zero attached hydrogens (tertiary/aromatic N) is 2. The molecule has 0 aliphatic heterocycles. The molecular formula is C12H13BrN2O5. The maximum absolute atomic E-state index is 12.3. The molecule has 0 atom stereocenters. The summed E-state index contributed by atoms with van der Waals surface area (Å²) < 4.78 is 0.362. The van der Waals surface area contributed by atoms with Gasteiger partial charge in [-0.3, -0.25) is 14.9 Å². The van der Waals surface area contributed by atoms with Crippen molar-refractivity contribution in [3.63, 3.8) is 0 Å². The van der Waals surface area contributed by atoms with Gasteiger partial charge in [-0.05, 0) is 35.8 Å². The van der Waals surface area contributed by atoms with Crippen molar-refractivity contribution in [2.75, 3.05) is 7.05 Å². The minimum atomic E-state index is -1.43. The molecule has 0 saturated carbocycles. The molecule has 0 aliphatic carbocycles. The molecule has 0 aliphatic rings. The number of nitro groups is 1. The monoisotopic (exact) mass is 344 g/mol. The molecular weight excluding hydrogens is 332 g/mol. The third kappa shape index (κ3) is 2.96. The lowest BCUT2D eigenvalue weighted by molar-refractivity contribution is -0.384. The van der Waals surface area contributed by atoms with Crippen LogP contribution in [-0.2, 0) is 4.79 Å². The highest BCUT2D eigenvalue weighted by atomic mass is 79.9. The number of aliphatic carboxylic acids is 1. The quantitative estimate of drug-likeness (QED) is 0.666. The number of benzene rings is 1. The van der Waals surface area contributed by atoms with Crippen molar-refractivity contribution in [2.24, 2.45) is 0 Å². The van der Waals surface area contributed by atoms with Crippen LogP contribution in [0.1, 0.15) is 24.2 Å². The molecule has 1 rings (SSSR count). The van der Waals surface area contributed by atoms with E-state index in [2.05, 4.69) is 15.9 Å². The minimum absolute atomic E-state index is 0.0380. The van der Waals surface area contributed by atoms with Gasteiger partial charge in [0.05, 0.1) is 10.5 Å². The summed E-state index contributed by atoms with van der Waals surface area (Å²) in [5.74, 6) is -1.79. The molecule has 1 aromatic rings. The van der Waals surface area contributed by atoms with E-state index in [0.29, 0.717) is 4.47 Å². The molecule has 0 bridgehead atoms.